The van der Waals surface area contributed by atoms with Crippen LogP contribution in [0.5, 0.6) is 0 Å². The number of benzene rings is 2. The smallest absolute Gasteiger partial charge is 0.311 e. The minimum atomic E-state index is -0.147. The Morgan fingerprint density at radius 2 is 2.19 bits per heavy atom. The molecule has 2 aliphatic rings. The molecule has 0 saturated carbocycles. The molecule has 0 bridgehead atoms. The zero-order valence-corrected chi connectivity index (χ0v) is 19.0. The standard InChI is InChI=1S/C24H22BrN3O3/c1-13-15(5-3-7-19(13)25)23-27-20-9-17-16(18(10-26)22(20)31-23)6-4-8-21(17)28-11-14(12-28)24(29)30-2/h3,5,7,9,14,21H,4,6,8,11-12H2,1-2H3. The van der Waals surface area contributed by atoms with Crippen LogP contribution in [0.2, 0.25) is 0 Å². The van der Waals surface area contributed by atoms with E-state index in [4.69, 9.17) is 14.1 Å². The zero-order valence-electron chi connectivity index (χ0n) is 17.4. The molecule has 0 radical (unpaired) electrons. The number of halogens is 1. The summed E-state index contributed by atoms with van der Waals surface area (Å²) in [5.74, 6) is 0.317. The van der Waals surface area contributed by atoms with Gasteiger partial charge in [-0.1, -0.05) is 22.0 Å². The number of carbonyl (C=O) groups is 1. The molecule has 1 unspecified atom stereocenters. The maximum absolute atomic E-state index is 11.8. The fourth-order valence-corrected chi connectivity index (χ4v) is 5.22. The van der Waals surface area contributed by atoms with Crippen molar-refractivity contribution in [3.8, 4) is 17.5 Å². The number of likely N-dealkylation sites (tertiary alicyclic amines) is 1. The highest BCUT2D eigenvalue weighted by Crippen LogP contribution is 2.42. The average Bonchev–Trinajstić information content (AvgIpc) is 3.16. The van der Waals surface area contributed by atoms with Gasteiger partial charge in [0.1, 0.15) is 17.1 Å². The second-order valence-corrected chi connectivity index (χ2v) is 9.15. The van der Waals surface area contributed by atoms with Gasteiger partial charge in [0.2, 0.25) is 5.89 Å². The first-order valence-electron chi connectivity index (χ1n) is 10.5. The predicted octanol–water partition coefficient (Wildman–Crippen LogP) is 4.92. The highest BCUT2D eigenvalue weighted by atomic mass is 79.9. The number of hydrogen-bond acceptors (Lipinski definition) is 6. The molecule has 0 spiro atoms. The van der Waals surface area contributed by atoms with Crippen molar-refractivity contribution in [2.45, 2.75) is 32.2 Å². The number of fused-ring (bicyclic) bond motifs is 2. The van der Waals surface area contributed by atoms with Crippen molar-refractivity contribution in [3.63, 3.8) is 0 Å². The van der Waals surface area contributed by atoms with Crippen LogP contribution in [0.25, 0.3) is 22.6 Å². The van der Waals surface area contributed by atoms with E-state index in [1.807, 2.05) is 25.1 Å². The lowest BCUT2D eigenvalue weighted by atomic mass is 9.81. The van der Waals surface area contributed by atoms with E-state index in [0.717, 1.165) is 46.0 Å². The largest absolute Gasteiger partial charge is 0.469 e. The van der Waals surface area contributed by atoms with Crippen molar-refractivity contribution in [1.29, 1.82) is 5.26 Å². The molecule has 3 aromatic rings. The van der Waals surface area contributed by atoms with Crippen LogP contribution in [0, 0.1) is 24.2 Å². The summed E-state index contributed by atoms with van der Waals surface area (Å²) in [4.78, 5) is 18.9. The van der Waals surface area contributed by atoms with Crippen LogP contribution in [-0.2, 0) is 16.0 Å². The lowest BCUT2D eigenvalue weighted by Crippen LogP contribution is -2.52. The number of aromatic nitrogens is 1. The van der Waals surface area contributed by atoms with E-state index in [9.17, 15) is 10.1 Å². The Morgan fingerprint density at radius 1 is 1.39 bits per heavy atom. The van der Waals surface area contributed by atoms with E-state index >= 15 is 0 Å². The molecule has 1 aliphatic heterocycles. The van der Waals surface area contributed by atoms with Crippen LogP contribution >= 0.6 is 15.9 Å². The molecule has 0 amide bonds. The third-order valence-corrected chi connectivity index (χ3v) is 7.44. The number of hydrogen-bond donors (Lipinski definition) is 0. The molecule has 5 rings (SSSR count). The van der Waals surface area contributed by atoms with Gasteiger partial charge in [0, 0.05) is 29.2 Å². The molecule has 0 N–H and O–H groups in total. The summed E-state index contributed by atoms with van der Waals surface area (Å²) >= 11 is 3.57. The summed E-state index contributed by atoms with van der Waals surface area (Å²) < 4.78 is 12.0. The zero-order chi connectivity index (χ0) is 21.7. The van der Waals surface area contributed by atoms with Crippen molar-refractivity contribution in [3.05, 3.63) is 51.0 Å². The molecule has 1 atom stereocenters. The molecule has 6 nitrogen and oxygen atoms in total. The number of rotatable bonds is 3. The molecule has 2 aromatic carbocycles. The molecule has 1 aliphatic carbocycles. The molecule has 31 heavy (non-hydrogen) atoms. The number of esters is 1. The molecule has 1 aromatic heterocycles. The van der Waals surface area contributed by atoms with Crippen LogP contribution in [0.1, 0.15) is 41.1 Å². The van der Waals surface area contributed by atoms with Gasteiger partial charge in [0.05, 0.1) is 13.0 Å². The fourth-order valence-electron chi connectivity index (χ4n) is 4.85. The van der Waals surface area contributed by atoms with Gasteiger partial charge in [-0.25, -0.2) is 4.98 Å². The van der Waals surface area contributed by atoms with Crippen LogP contribution in [-0.4, -0.2) is 36.1 Å². The first-order chi connectivity index (χ1) is 15.0. The van der Waals surface area contributed by atoms with Crippen LogP contribution in [0.15, 0.2) is 33.2 Å². The second kappa shape index (κ2) is 7.77. The highest BCUT2D eigenvalue weighted by molar-refractivity contribution is 9.10. The topological polar surface area (TPSA) is 79.4 Å². The number of nitrogens with zero attached hydrogens (tertiary/aromatic N) is 3. The quantitative estimate of drug-likeness (QED) is 0.496. The fraction of sp³-hybridized carbons (Fsp3) is 0.375. The van der Waals surface area contributed by atoms with Gasteiger partial charge in [-0.15, -0.1) is 0 Å². The van der Waals surface area contributed by atoms with Crippen molar-refractivity contribution in [1.82, 2.24) is 9.88 Å². The average molecular weight is 480 g/mol. The number of nitriles is 1. The maximum atomic E-state index is 11.8. The van der Waals surface area contributed by atoms with Crippen LogP contribution < -0.4 is 0 Å². The van der Waals surface area contributed by atoms with E-state index in [1.54, 1.807) is 0 Å². The lowest BCUT2D eigenvalue weighted by molar-refractivity contribution is -0.152. The SMILES string of the molecule is COC(=O)C1CN(C2CCCc3c2cc2nc(-c4cccc(Br)c4C)oc2c3C#N)C1. The summed E-state index contributed by atoms with van der Waals surface area (Å²) in [7, 11) is 1.44. The Morgan fingerprint density at radius 3 is 2.94 bits per heavy atom. The molecule has 158 valence electrons. The highest BCUT2D eigenvalue weighted by Gasteiger charge is 2.40. The van der Waals surface area contributed by atoms with E-state index in [-0.39, 0.29) is 17.9 Å². The minimum Gasteiger partial charge on any atom is -0.469 e. The first kappa shape index (κ1) is 20.2. The van der Waals surface area contributed by atoms with Gasteiger partial charge < -0.3 is 9.15 Å². The summed E-state index contributed by atoms with van der Waals surface area (Å²) in [5, 5.41) is 9.99. The monoisotopic (exact) mass is 479 g/mol. The van der Waals surface area contributed by atoms with Gasteiger partial charge in [0.25, 0.3) is 0 Å². The summed E-state index contributed by atoms with van der Waals surface area (Å²) in [6.45, 7) is 3.40. The number of methoxy groups -OCH3 is 1. The molecule has 2 heterocycles. The van der Waals surface area contributed by atoms with Crippen LogP contribution in [0.3, 0.4) is 0 Å². The van der Waals surface area contributed by atoms with Gasteiger partial charge >= 0.3 is 5.97 Å². The van der Waals surface area contributed by atoms with E-state index < -0.39 is 0 Å². The van der Waals surface area contributed by atoms with Gasteiger partial charge in [-0.05, 0) is 61.1 Å². The van der Waals surface area contributed by atoms with E-state index in [0.29, 0.717) is 35.6 Å². The summed E-state index contributed by atoms with van der Waals surface area (Å²) in [5.41, 5.74) is 6.02. The Hall–Kier alpha value is -2.69. The Labute approximate surface area is 188 Å². The number of oxazole rings is 1. The van der Waals surface area contributed by atoms with Crippen molar-refractivity contribution >= 4 is 33.0 Å². The van der Waals surface area contributed by atoms with Gasteiger partial charge in [0.15, 0.2) is 5.58 Å². The third kappa shape index (κ3) is 3.26. The lowest BCUT2D eigenvalue weighted by Gasteiger charge is -2.45. The maximum Gasteiger partial charge on any atom is 0.311 e. The first-order valence-corrected chi connectivity index (χ1v) is 11.2. The van der Waals surface area contributed by atoms with E-state index in [2.05, 4.69) is 33.0 Å². The molecule has 1 saturated heterocycles. The number of carbonyl (C=O) groups excluding carboxylic acids is 1. The molecular formula is C24H22BrN3O3. The van der Waals surface area contributed by atoms with Gasteiger partial charge in [-0.2, -0.15) is 5.26 Å². The second-order valence-electron chi connectivity index (χ2n) is 8.29. The molecular weight excluding hydrogens is 458 g/mol. The normalized spacial score (nSPS) is 19.0. The molecule has 1 fully saturated rings. The predicted molar refractivity (Wildman–Crippen MR) is 119 cm³/mol. The van der Waals surface area contributed by atoms with Gasteiger partial charge in [-0.3, -0.25) is 9.69 Å². The summed E-state index contributed by atoms with van der Waals surface area (Å²) in [6.07, 6.45) is 2.86. The Balaban J connectivity index is 1.58. The minimum absolute atomic E-state index is 0.0623. The summed E-state index contributed by atoms with van der Waals surface area (Å²) in [6, 6.07) is 10.6. The third-order valence-electron chi connectivity index (χ3n) is 6.58. The van der Waals surface area contributed by atoms with Crippen molar-refractivity contribution < 1.29 is 13.9 Å². The molecule has 7 heteroatoms. The van der Waals surface area contributed by atoms with Crippen LogP contribution in [0.4, 0.5) is 0 Å². The van der Waals surface area contributed by atoms with Crippen molar-refractivity contribution in [2.75, 3.05) is 20.2 Å². The Bertz CT molecular complexity index is 1240. The number of ether oxygens (including phenoxy) is 1. The Kier molecular flexibility index (Phi) is 5.07. The van der Waals surface area contributed by atoms with E-state index in [1.165, 1.54) is 7.11 Å². The van der Waals surface area contributed by atoms with Crippen molar-refractivity contribution in [2.24, 2.45) is 5.92 Å².